The van der Waals surface area contributed by atoms with Crippen molar-refractivity contribution in [2.75, 3.05) is 5.32 Å². The van der Waals surface area contributed by atoms with E-state index in [0.717, 1.165) is 10.7 Å². The molecule has 0 aliphatic carbocycles. The number of thiazole rings is 1. The molecule has 1 N–H and O–H groups in total. The highest BCUT2D eigenvalue weighted by Gasteiger charge is 2.15. The molecule has 0 fully saturated rings. The first-order valence-corrected chi connectivity index (χ1v) is 10.6. The van der Waals surface area contributed by atoms with Gasteiger partial charge in [-0.15, -0.1) is 28.1 Å². The van der Waals surface area contributed by atoms with Crippen LogP contribution in [0.2, 0.25) is 0 Å². The van der Waals surface area contributed by atoms with Crippen molar-refractivity contribution in [1.29, 1.82) is 0 Å². The van der Waals surface area contributed by atoms with Crippen molar-refractivity contribution in [2.24, 2.45) is 0 Å². The van der Waals surface area contributed by atoms with Crippen LogP contribution in [0.4, 0.5) is 5.13 Å². The molecule has 0 aliphatic heterocycles. The quantitative estimate of drug-likeness (QED) is 0.326. The summed E-state index contributed by atoms with van der Waals surface area (Å²) in [7, 11) is 0. The lowest BCUT2D eigenvalue weighted by atomic mass is 10.1. The number of benzene rings is 1. The maximum absolute atomic E-state index is 12.2. The maximum atomic E-state index is 12.2. The van der Waals surface area contributed by atoms with Gasteiger partial charge in [0, 0.05) is 29.4 Å². The van der Waals surface area contributed by atoms with Gasteiger partial charge >= 0.3 is 0 Å². The van der Waals surface area contributed by atoms with E-state index < -0.39 is 0 Å². The zero-order valence-electron chi connectivity index (χ0n) is 15.3. The fourth-order valence-corrected chi connectivity index (χ4v) is 4.06. The number of thioether (sulfide) groups is 1. The third-order valence-corrected chi connectivity index (χ3v) is 5.73. The molecule has 3 aromatic heterocycles. The minimum atomic E-state index is -0.173. The average molecular weight is 424 g/mol. The van der Waals surface area contributed by atoms with E-state index in [0.29, 0.717) is 34.6 Å². The van der Waals surface area contributed by atoms with E-state index in [-0.39, 0.29) is 5.91 Å². The predicted molar refractivity (Wildman–Crippen MR) is 114 cm³/mol. The highest BCUT2D eigenvalue weighted by atomic mass is 32.2. The van der Waals surface area contributed by atoms with Crippen LogP contribution in [-0.2, 0) is 12.3 Å². The third-order valence-electron chi connectivity index (χ3n) is 4.01. The van der Waals surface area contributed by atoms with E-state index in [2.05, 4.69) is 27.1 Å². The summed E-state index contributed by atoms with van der Waals surface area (Å²) in [5.41, 5.74) is 1.66. The largest absolute Gasteiger partial charge is 0.461 e. The van der Waals surface area contributed by atoms with Crippen molar-refractivity contribution < 1.29 is 9.21 Å². The molecule has 3 heterocycles. The number of allylic oxidation sites excluding steroid dienone is 1. The fraction of sp³-hybridized carbons (Fsp3) is 0.100. The first-order valence-electron chi connectivity index (χ1n) is 8.75. The summed E-state index contributed by atoms with van der Waals surface area (Å²) in [6, 6.07) is 11.2. The van der Waals surface area contributed by atoms with Crippen LogP contribution in [0.1, 0.15) is 15.9 Å². The summed E-state index contributed by atoms with van der Waals surface area (Å²) in [6.45, 7) is 4.40. The fourth-order valence-electron chi connectivity index (χ4n) is 2.63. The number of aromatic nitrogens is 4. The highest BCUT2D eigenvalue weighted by Crippen LogP contribution is 2.27. The molecule has 9 heteroatoms. The molecular weight excluding hydrogens is 406 g/mol. The number of anilines is 1. The van der Waals surface area contributed by atoms with Crippen LogP contribution in [0.25, 0.3) is 11.6 Å². The number of nitrogens with one attached hydrogen (secondary N) is 1. The summed E-state index contributed by atoms with van der Waals surface area (Å²) in [5, 5.41) is 14.5. The number of carbonyl (C=O) groups is 1. The van der Waals surface area contributed by atoms with Gasteiger partial charge in [0.25, 0.3) is 5.91 Å². The smallest absolute Gasteiger partial charge is 0.257 e. The van der Waals surface area contributed by atoms with E-state index in [4.69, 9.17) is 4.42 Å². The third kappa shape index (κ3) is 4.47. The van der Waals surface area contributed by atoms with Gasteiger partial charge in [0.2, 0.25) is 5.82 Å². The molecule has 4 aromatic rings. The number of hydrogen-bond donors (Lipinski definition) is 1. The van der Waals surface area contributed by atoms with Crippen molar-refractivity contribution in [3.63, 3.8) is 0 Å². The Balaban J connectivity index is 1.43. The van der Waals surface area contributed by atoms with Gasteiger partial charge in [-0.1, -0.05) is 30.0 Å². The average Bonchev–Trinajstić information content (AvgIpc) is 3.49. The van der Waals surface area contributed by atoms with Gasteiger partial charge in [0.05, 0.1) is 6.26 Å². The Morgan fingerprint density at radius 3 is 2.83 bits per heavy atom. The first-order chi connectivity index (χ1) is 14.2. The van der Waals surface area contributed by atoms with E-state index >= 15 is 0 Å². The van der Waals surface area contributed by atoms with Crippen LogP contribution in [0.3, 0.4) is 0 Å². The Morgan fingerprint density at radius 2 is 2.14 bits per heavy atom. The molecule has 0 atom stereocenters. The maximum Gasteiger partial charge on any atom is 0.257 e. The summed E-state index contributed by atoms with van der Waals surface area (Å²) in [5.74, 6) is 1.86. The summed E-state index contributed by atoms with van der Waals surface area (Å²) < 4.78 is 7.41. The Kier molecular flexibility index (Phi) is 5.87. The van der Waals surface area contributed by atoms with Crippen LogP contribution in [0, 0.1) is 0 Å². The summed E-state index contributed by atoms with van der Waals surface area (Å²) in [4.78, 5) is 16.3. The van der Waals surface area contributed by atoms with Gasteiger partial charge in [-0.3, -0.25) is 14.7 Å². The van der Waals surface area contributed by atoms with Gasteiger partial charge in [0.1, 0.15) is 0 Å². The topological polar surface area (TPSA) is 85.8 Å². The lowest BCUT2D eigenvalue weighted by Gasteiger charge is -2.07. The van der Waals surface area contributed by atoms with Gasteiger partial charge in [-0.25, -0.2) is 4.98 Å². The lowest BCUT2D eigenvalue weighted by Crippen LogP contribution is -2.11. The van der Waals surface area contributed by atoms with E-state index in [1.54, 1.807) is 30.3 Å². The van der Waals surface area contributed by atoms with E-state index in [1.165, 1.54) is 11.3 Å². The SMILES string of the molecule is C=CCn1c(SCc2ccc(C(=O)Nc3nccs3)cc2)nnc1-c1ccco1. The second-order valence-corrected chi connectivity index (χ2v) is 7.80. The lowest BCUT2D eigenvalue weighted by molar-refractivity contribution is 0.102. The van der Waals surface area contributed by atoms with Crippen LogP contribution in [-0.4, -0.2) is 25.7 Å². The van der Waals surface area contributed by atoms with Crippen molar-refractivity contribution in [3.05, 3.63) is 78.0 Å². The zero-order valence-corrected chi connectivity index (χ0v) is 16.9. The molecule has 0 aliphatic rings. The summed E-state index contributed by atoms with van der Waals surface area (Å²) >= 11 is 2.95. The zero-order chi connectivity index (χ0) is 20.1. The van der Waals surface area contributed by atoms with Gasteiger partial charge < -0.3 is 4.42 Å². The van der Waals surface area contributed by atoms with Gasteiger partial charge in [0.15, 0.2) is 16.0 Å². The second-order valence-electron chi connectivity index (χ2n) is 5.96. The Bertz CT molecular complexity index is 1090. The Hall–Kier alpha value is -3.17. The molecule has 1 amide bonds. The molecule has 0 unspecified atom stereocenters. The normalized spacial score (nSPS) is 10.8. The molecule has 0 saturated carbocycles. The molecule has 0 saturated heterocycles. The molecule has 146 valence electrons. The summed E-state index contributed by atoms with van der Waals surface area (Å²) in [6.07, 6.45) is 5.07. The molecule has 0 bridgehead atoms. The van der Waals surface area contributed by atoms with E-state index in [9.17, 15) is 4.79 Å². The Labute approximate surface area is 175 Å². The molecule has 7 nitrogen and oxygen atoms in total. The van der Waals surface area contributed by atoms with Crippen LogP contribution in [0.15, 0.2) is 76.5 Å². The van der Waals surface area contributed by atoms with Gasteiger partial charge in [-0.2, -0.15) is 0 Å². The highest BCUT2D eigenvalue weighted by molar-refractivity contribution is 7.98. The van der Waals surface area contributed by atoms with Crippen molar-refractivity contribution >= 4 is 34.1 Å². The number of amides is 1. The number of hydrogen-bond acceptors (Lipinski definition) is 7. The van der Waals surface area contributed by atoms with Crippen molar-refractivity contribution in [3.8, 4) is 11.6 Å². The molecule has 4 rings (SSSR count). The van der Waals surface area contributed by atoms with Crippen LogP contribution in [0.5, 0.6) is 0 Å². The molecule has 0 radical (unpaired) electrons. The number of carbonyl (C=O) groups excluding carboxylic acids is 1. The Morgan fingerprint density at radius 1 is 1.28 bits per heavy atom. The molecule has 29 heavy (non-hydrogen) atoms. The van der Waals surface area contributed by atoms with Gasteiger partial charge in [-0.05, 0) is 29.8 Å². The van der Waals surface area contributed by atoms with E-state index in [1.807, 2.05) is 46.3 Å². The second kappa shape index (κ2) is 8.89. The minimum Gasteiger partial charge on any atom is -0.461 e. The molecule has 1 aromatic carbocycles. The number of nitrogens with zero attached hydrogens (tertiary/aromatic N) is 4. The molecular formula is C20H17N5O2S2. The number of rotatable bonds is 8. The van der Waals surface area contributed by atoms with Crippen LogP contribution < -0.4 is 5.32 Å². The number of furan rings is 1. The minimum absolute atomic E-state index is 0.173. The van der Waals surface area contributed by atoms with Crippen molar-refractivity contribution in [2.45, 2.75) is 17.5 Å². The predicted octanol–water partition coefficient (Wildman–Crippen LogP) is 4.73. The molecule has 0 spiro atoms. The monoisotopic (exact) mass is 423 g/mol. The van der Waals surface area contributed by atoms with Crippen molar-refractivity contribution in [1.82, 2.24) is 19.7 Å². The first kappa shape index (κ1) is 19.2. The standard InChI is InChI=1S/C20H17N5O2S2/c1-2-10-25-17(16-4-3-11-27-16)23-24-20(25)29-13-14-5-7-15(8-6-14)18(26)22-19-21-9-12-28-19/h2-9,11-12H,1,10,13H2,(H,21,22,26). The van der Waals surface area contributed by atoms with Crippen LogP contribution >= 0.6 is 23.1 Å².